The molecule has 1 aliphatic heterocycles. The normalized spacial score (nSPS) is 12.0. The van der Waals surface area contributed by atoms with Crippen molar-refractivity contribution in [2.75, 3.05) is 12.1 Å². The molecule has 8 heteroatoms. The van der Waals surface area contributed by atoms with Crippen LogP contribution in [0.1, 0.15) is 11.3 Å². The predicted octanol–water partition coefficient (Wildman–Crippen LogP) is 2.52. The smallest absolute Gasteiger partial charge is 0.330 e. The van der Waals surface area contributed by atoms with E-state index in [9.17, 15) is 9.59 Å². The molecule has 2 aromatic carbocycles. The molecule has 4 rings (SSSR count). The molecule has 0 aliphatic carbocycles. The first-order valence-electron chi connectivity index (χ1n) is 8.41. The topological polar surface area (TPSA) is 97.4 Å². The summed E-state index contributed by atoms with van der Waals surface area (Å²) in [6.45, 7) is 2.35. The van der Waals surface area contributed by atoms with Crippen molar-refractivity contribution in [2.24, 2.45) is 0 Å². The molecule has 27 heavy (non-hydrogen) atoms. The zero-order valence-corrected chi connectivity index (χ0v) is 14.6. The first-order valence-corrected chi connectivity index (χ1v) is 8.41. The Morgan fingerprint density at radius 3 is 2.81 bits per heavy atom. The second kappa shape index (κ2) is 6.91. The van der Waals surface area contributed by atoms with Crippen molar-refractivity contribution in [3.63, 3.8) is 0 Å². The Hall–Kier alpha value is -3.68. The lowest BCUT2D eigenvalue weighted by Gasteiger charge is -2.13. The molecule has 3 N–H and O–H groups in total. The summed E-state index contributed by atoms with van der Waals surface area (Å²) in [5.74, 6) is 1.37. The lowest BCUT2D eigenvalue weighted by Crippen LogP contribution is -2.29. The van der Waals surface area contributed by atoms with Crippen molar-refractivity contribution in [3.8, 4) is 17.2 Å². The molecule has 2 heterocycles. The van der Waals surface area contributed by atoms with Crippen molar-refractivity contribution >= 4 is 11.7 Å². The van der Waals surface area contributed by atoms with E-state index >= 15 is 0 Å². The molecule has 1 aliphatic rings. The van der Waals surface area contributed by atoms with Crippen LogP contribution in [0.15, 0.2) is 53.5 Å². The third-order valence-corrected chi connectivity index (χ3v) is 4.24. The van der Waals surface area contributed by atoms with Crippen molar-refractivity contribution in [1.29, 1.82) is 0 Å². The van der Waals surface area contributed by atoms with E-state index < -0.39 is 0 Å². The Morgan fingerprint density at radius 1 is 1.19 bits per heavy atom. The van der Waals surface area contributed by atoms with Gasteiger partial charge in [0.2, 0.25) is 6.79 Å². The van der Waals surface area contributed by atoms with Crippen LogP contribution in [-0.4, -0.2) is 22.4 Å². The van der Waals surface area contributed by atoms with Gasteiger partial charge in [-0.1, -0.05) is 18.2 Å². The van der Waals surface area contributed by atoms with Crippen molar-refractivity contribution < 1.29 is 14.3 Å². The largest absolute Gasteiger partial charge is 0.454 e. The quantitative estimate of drug-likeness (QED) is 0.661. The summed E-state index contributed by atoms with van der Waals surface area (Å²) in [5, 5.41) is 5.59. The number of fused-ring (bicyclic) bond motifs is 1. The van der Waals surface area contributed by atoms with Crippen molar-refractivity contribution in [3.05, 3.63) is 70.4 Å². The van der Waals surface area contributed by atoms with Crippen molar-refractivity contribution in [1.82, 2.24) is 14.9 Å². The van der Waals surface area contributed by atoms with Crippen LogP contribution < -0.4 is 25.8 Å². The van der Waals surface area contributed by atoms with Crippen LogP contribution >= 0.6 is 0 Å². The van der Waals surface area contributed by atoms with Crippen LogP contribution in [0.4, 0.5) is 10.5 Å². The SMILES string of the molecule is Cc1c[nH]c(=O)n1-c1ccccc1NC(=O)NCc1ccc2c(c1)OCO2. The number of ether oxygens (including phenoxy) is 2. The average molecular weight is 366 g/mol. The van der Waals surface area contributed by atoms with E-state index in [0.29, 0.717) is 29.4 Å². The zero-order valence-electron chi connectivity index (χ0n) is 14.6. The van der Waals surface area contributed by atoms with Crippen molar-refractivity contribution in [2.45, 2.75) is 13.5 Å². The standard InChI is InChI=1S/C19H18N4O4/c1-12-9-21-19(25)23(12)15-5-3-2-4-14(15)22-18(24)20-10-13-6-7-16-17(8-13)27-11-26-16/h2-9H,10-11H2,1H3,(H,21,25)(H2,20,22,24). The number of nitrogens with one attached hydrogen (secondary N) is 3. The van der Waals surface area contributed by atoms with Crippen LogP contribution in [0.25, 0.3) is 5.69 Å². The molecule has 0 bridgehead atoms. The number of H-pyrrole nitrogens is 1. The number of carbonyl (C=O) groups excluding carboxylic acids is 1. The molecule has 1 aromatic heterocycles. The van der Waals surface area contributed by atoms with Crippen LogP contribution in [0.5, 0.6) is 11.5 Å². The number of aryl methyl sites for hydroxylation is 1. The summed E-state index contributed by atoms with van der Waals surface area (Å²) in [5.41, 5.74) is 2.50. The minimum Gasteiger partial charge on any atom is -0.454 e. The van der Waals surface area contributed by atoms with Gasteiger partial charge in [0.25, 0.3) is 0 Å². The van der Waals surface area contributed by atoms with Gasteiger partial charge < -0.3 is 25.1 Å². The third-order valence-electron chi connectivity index (χ3n) is 4.24. The van der Waals surface area contributed by atoms with Gasteiger partial charge in [0, 0.05) is 18.4 Å². The number of benzene rings is 2. The number of carbonyl (C=O) groups is 1. The summed E-state index contributed by atoms with van der Waals surface area (Å²) < 4.78 is 12.1. The van der Waals surface area contributed by atoms with Crippen LogP contribution in [-0.2, 0) is 6.54 Å². The Morgan fingerprint density at radius 2 is 2.00 bits per heavy atom. The lowest BCUT2D eigenvalue weighted by molar-refractivity contribution is 0.174. The van der Waals surface area contributed by atoms with E-state index in [1.165, 1.54) is 4.57 Å². The van der Waals surface area contributed by atoms with Gasteiger partial charge in [-0.05, 0) is 36.8 Å². The highest BCUT2D eigenvalue weighted by atomic mass is 16.7. The second-order valence-electron chi connectivity index (χ2n) is 6.08. The number of amides is 2. The van der Waals surface area contributed by atoms with Gasteiger partial charge in [-0.3, -0.25) is 4.57 Å². The molecule has 0 fully saturated rings. The summed E-state index contributed by atoms with van der Waals surface area (Å²) >= 11 is 0. The van der Waals surface area contributed by atoms with Gasteiger partial charge >= 0.3 is 11.7 Å². The number of para-hydroxylation sites is 2. The minimum atomic E-state index is -0.374. The molecule has 3 aromatic rings. The summed E-state index contributed by atoms with van der Waals surface area (Å²) in [6, 6.07) is 12.3. The van der Waals surface area contributed by atoms with Gasteiger partial charge in [0.05, 0.1) is 11.4 Å². The number of rotatable bonds is 4. The Kier molecular flexibility index (Phi) is 4.29. The zero-order chi connectivity index (χ0) is 18.8. The maximum atomic E-state index is 12.3. The van der Waals surface area contributed by atoms with Gasteiger partial charge in [0.15, 0.2) is 11.5 Å². The maximum Gasteiger partial charge on any atom is 0.330 e. The van der Waals surface area contributed by atoms with Crippen LogP contribution in [0.2, 0.25) is 0 Å². The molecule has 8 nitrogen and oxygen atoms in total. The molecule has 0 spiro atoms. The van der Waals surface area contributed by atoms with Crippen LogP contribution in [0.3, 0.4) is 0 Å². The summed E-state index contributed by atoms with van der Waals surface area (Å²) in [4.78, 5) is 27.0. The van der Waals surface area contributed by atoms with Gasteiger partial charge in [-0.25, -0.2) is 9.59 Å². The maximum absolute atomic E-state index is 12.3. The monoisotopic (exact) mass is 366 g/mol. The van der Waals surface area contributed by atoms with E-state index in [1.54, 1.807) is 24.4 Å². The fourth-order valence-corrected chi connectivity index (χ4v) is 2.93. The number of urea groups is 1. The number of nitrogens with zero attached hydrogens (tertiary/aromatic N) is 1. The van der Waals surface area contributed by atoms with Crippen LogP contribution in [0, 0.1) is 6.92 Å². The first kappa shape index (κ1) is 16.8. The summed E-state index contributed by atoms with van der Waals surface area (Å²) in [7, 11) is 0. The summed E-state index contributed by atoms with van der Waals surface area (Å²) in [6.07, 6.45) is 1.62. The fourth-order valence-electron chi connectivity index (χ4n) is 2.93. The number of imidazole rings is 1. The highest BCUT2D eigenvalue weighted by Crippen LogP contribution is 2.32. The highest BCUT2D eigenvalue weighted by molar-refractivity contribution is 5.91. The number of aromatic nitrogens is 2. The average Bonchev–Trinajstić information content (AvgIpc) is 3.26. The number of hydrogen-bond acceptors (Lipinski definition) is 4. The number of aromatic amines is 1. The Bertz CT molecular complexity index is 1050. The number of hydrogen-bond donors (Lipinski definition) is 3. The molecule has 0 radical (unpaired) electrons. The molecular formula is C19H18N4O4. The molecule has 2 amide bonds. The molecule has 138 valence electrons. The molecule has 0 saturated carbocycles. The van der Waals surface area contributed by atoms with E-state index in [1.807, 2.05) is 31.2 Å². The lowest BCUT2D eigenvalue weighted by atomic mass is 10.2. The predicted molar refractivity (Wildman–Crippen MR) is 99.6 cm³/mol. The third kappa shape index (κ3) is 3.37. The molecular weight excluding hydrogens is 348 g/mol. The van der Waals surface area contributed by atoms with E-state index in [2.05, 4.69) is 15.6 Å². The molecule has 0 atom stereocenters. The Balaban J connectivity index is 1.47. The highest BCUT2D eigenvalue weighted by Gasteiger charge is 2.14. The van der Waals surface area contributed by atoms with Gasteiger partial charge in [-0.2, -0.15) is 0 Å². The van der Waals surface area contributed by atoms with E-state index in [0.717, 1.165) is 11.3 Å². The minimum absolute atomic E-state index is 0.210. The molecule has 0 unspecified atom stereocenters. The van der Waals surface area contributed by atoms with Gasteiger partial charge in [0.1, 0.15) is 0 Å². The first-order chi connectivity index (χ1) is 13.1. The van der Waals surface area contributed by atoms with E-state index in [4.69, 9.17) is 9.47 Å². The fraction of sp³-hybridized carbons (Fsp3) is 0.158. The second-order valence-corrected chi connectivity index (χ2v) is 6.08. The van der Waals surface area contributed by atoms with E-state index in [-0.39, 0.29) is 18.5 Å². The van der Waals surface area contributed by atoms with Gasteiger partial charge in [-0.15, -0.1) is 0 Å². The Labute approximate surface area is 154 Å². The molecule has 0 saturated heterocycles. The number of anilines is 1.